The Kier molecular flexibility index (Phi) is 8.98. The Morgan fingerprint density at radius 2 is 1.73 bits per heavy atom. The van der Waals surface area contributed by atoms with Crippen LogP contribution in [0.5, 0.6) is 5.75 Å². The third-order valence-corrected chi connectivity index (χ3v) is 4.83. The molecule has 0 aliphatic heterocycles. The first-order chi connectivity index (χ1) is 12.4. The first kappa shape index (κ1) is 21.8. The molecule has 0 unspecified atom stereocenters. The standard InChI is InChI=1S/C15H15NO4S.C4H10O/c1-11(17)20-15-6-4-3-5-14(15)12-7-9-13(10-8-12)21(18,19)16-2;1-2-3-4-5/h3-10,16H,1-2H3;5H,2-4H2,1H3. The van der Waals surface area contributed by atoms with Gasteiger partial charge < -0.3 is 9.84 Å². The maximum atomic E-state index is 11.7. The summed E-state index contributed by atoms with van der Waals surface area (Å²) in [5.74, 6) is 0.0334. The summed E-state index contributed by atoms with van der Waals surface area (Å²) in [6, 6.07) is 13.4. The fourth-order valence-electron chi connectivity index (χ4n) is 2.04. The van der Waals surface area contributed by atoms with Crippen molar-refractivity contribution in [3.63, 3.8) is 0 Å². The predicted octanol–water partition coefficient (Wildman–Crippen LogP) is 2.97. The number of benzene rings is 2. The minimum atomic E-state index is -3.46. The van der Waals surface area contributed by atoms with Crippen molar-refractivity contribution in [2.75, 3.05) is 13.7 Å². The first-order valence-corrected chi connectivity index (χ1v) is 9.76. The number of hydrogen-bond donors (Lipinski definition) is 2. The molecule has 0 aliphatic rings. The van der Waals surface area contributed by atoms with E-state index >= 15 is 0 Å². The van der Waals surface area contributed by atoms with Crippen molar-refractivity contribution in [1.29, 1.82) is 0 Å². The highest BCUT2D eigenvalue weighted by Gasteiger charge is 2.12. The number of aliphatic hydroxyl groups excluding tert-OH is 1. The molecule has 2 N–H and O–H groups in total. The molecule has 0 amide bonds. The number of carbonyl (C=O) groups is 1. The summed E-state index contributed by atoms with van der Waals surface area (Å²) < 4.78 is 30.8. The largest absolute Gasteiger partial charge is 0.426 e. The van der Waals surface area contributed by atoms with Gasteiger partial charge in [0.2, 0.25) is 10.0 Å². The summed E-state index contributed by atoms with van der Waals surface area (Å²) in [7, 11) is -2.10. The first-order valence-electron chi connectivity index (χ1n) is 8.28. The van der Waals surface area contributed by atoms with Crippen molar-refractivity contribution in [2.24, 2.45) is 0 Å². The molecule has 142 valence electrons. The van der Waals surface area contributed by atoms with E-state index in [1.54, 1.807) is 30.3 Å². The van der Waals surface area contributed by atoms with Crippen molar-refractivity contribution < 1.29 is 23.1 Å². The van der Waals surface area contributed by atoms with Crippen LogP contribution in [0.2, 0.25) is 0 Å². The van der Waals surface area contributed by atoms with Gasteiger partial charge in [0, 0.05) is 19.1 Å². The zero-order chi connectivity index (χ0) is 19.6. The van der Waals surface area contributed by atoms with E-state index in [9.17, 15) is 13.2 Å². The van der Waals surface area contributed by atoms with E-state index in [1.807, 2.05) is 6.07 Å². The minimum absolute atomic E-state index is 0.179. The number of carbonyl (C=O) groups excluding carboxylic acids is 1. The van der Waals surface area contributed by atoms with Crippen LogP contribution < -0.4 is 9.46 Å². The van der Waals surface area contributed by atoms with Crippen LogP contribution in [0.1, 0.15) is 26.7 Å². The average Bonchev–Trinajstić information content (AvgIpc) is 2.63. The summed E-state index contributed by atoms with van der Waals surface area (Å²) in [4.78, 5) is 11.3. The minimum Gasteiger partial charge on any atom is -0.426 e. The number of unbranched alkanes of at least 4 members (excludes halogenated alkanes) is 1. The lowest BCUT2D eigenvalue weighted by atomic mass is 10.1. The monoisotopic (exact) mass is 379 g/mol. The molecule has 2 aromatic rings. The van der Waals surface area contributed by atoms with Crippen molar-refractivity contribution in [3.8, 4) is 16.9 Å². The molecule has 0 saturated heterocycles. The van der Waals surface area contributed by atoms with Crippen molar-refractivity contribution in [3.05, 3.63) is 48.5 Å². The quantitative estimate of drug-likeness (QED) is 0.595. The predicted molar refractivity (Wildman–Crippen MR) is 101 cm³/mol. The van der Waals surface area contributed by atoms with Crippen LogP contribution in [0.15, 0.2) is 53.4 Å². The van der Waals surface area contributed by atoms with Gasteiger partial charge in [-0.3, -0.25) is 4.79 Å². The maximum absolute atomic E-state index is 11.7. The van der Waals surface area contributed by atoms with Gasteiger partial charge in [-0.05, 0) is 37.2 Å². The molecule has 2 aromatic carbocycles. The van der Waals surface area contributed by atoms with E-state index in [4.69, 9.17) is 9.84 Å². The molecule has 0 fully saturated rings. The Bertz CT molecular complexity index is 799. The van der Waals surface area contributed by atoms with Gasteiger partial charge in [0.05, 0.1) is 4.90 Å². The highest BCUT2D eigenvalue weighted by molar-refractivity contribution is 7.89. The number of aliphatic hydroxyl groups is 1. The number of sulfonamides is 1. The molecular weight excluding hydrogens is 354 g/mol. The van der Waals surface area contributed by atoms with Gasteiger partial charge in [-0.15, -0.1) is 0 Å². The highest BCUT2D eigenvalue weighted by atomic mass is 32.2. The van der Waals surface area contributed by atoms with Crippen molar-refractivity contribution >= 4 is 16.0 Å². The van der Waals surface area contributed by atoms with Crippen LogP contribution in [-0.4, -0.2) is 33.1 Å². The second-order valence-corrected chi connectivity index (χ2v) is 7.29. The summed E-state index contributed by atoms with van der Waals surface area (Å²) in [5, 5.41) is 8.07. The average molecular weight is 379 g/mol. The van der Waals surface area contributed by atoms with Crippen LogP contribution in [0, 0.1) is 0 Å². The Hall–Kier alpha value is -2.22. The van der Waals surface area contributed by atoms with Gasteiger partial charge in [0.1, 0.15) is 5.75 Å². The molecule has 0 saturated carbocycles. The van der Waals surface area contributed by atoms with Crippen molar-refractivity contribution in [1.82, 2.24) is 4.72 Å². The zero-order valence-corrected chi connectivity index (χ0v) is 16.0. The van der Waals surface area contributed by atoms with Crippen LogP contribution in [0.4, 0.5) is 0 Å². The lowest BCUT2D eigenvalue weighted by Crippen LogP contribution is -2.18. The number of hydrogen-bond acceptors (Lipinski definition) is 5. The summed E-state index contributed by atoms with van der Waals surface area (Å²) in [5.41, 5.74) is 1.49. The Morgan fingerprint density at radius 1 is 1.12 bits per heavy atom. The maximum Gasteiger partial charge on any atom is 0.308 e. The Labute approximate surface area is 154 Å². The van der Waals surface area contributed by atoms with Gasteiger partial charge in [-0.2, -0.15) is 0 Å². The molecule has 0 aromatic heterocycles. The molecule has 6 nitrogen and oxygen atoms in total. The van der Waals surface area contributed by atoms with Gasteiger partial charge in [-0.1, -0.05) is 43.7 Å². The number of ether oxygens (including phenoxy) is 1. The fourth-order valence-corrected chi connectivity index (χ4v) is 2.77. The van der Waals surface area contributed by atoms with Crippen LogP contribution in [0.25, 0.3) is 11.1 Å². The van der Waals surface area contributed by atoms with E-state index in [0.29, 0.717) is 12.4 Å². The third kappa shape index (κ3) is 6.59. The Morgan fingerprint density at radius 3 is 2.19 bits per heavy atom. The normalized spacial score (nSPS) is 10.6. The molecule has 0 aliphatic carbocycles. The number of nitrogens with one attached hydrogen (secondary N) is 1. The number of para-hydroxylation sites is 1. The lowest BCUT2D eigenvalue weighted by Gasteiger charge is -2.09. The SMILES string of the molecule is CCCCO.CNS(=O)(=O)c1ccc(-c2ccccc2OC(C)=O)cc1. The van der Waals surface area contributed by atoms with Gasteiger partial charge in [-0.25, -0.2) is 13.1 Å². The molecule has 26 heavy (non-hydrogen) atoms. The molecule has 0 spiro atoms. The zero-order valence-electron chi connectivity index (χ0n) is 15.2. The molecule has 0 bridgehead atoms. The Balaban J connectivity index is 0.000000597. The van der Waals surface area contributed by atoms with E-state index in [-0.39, 0.29) is 4.90 Å². The smallest absolute Gasteiger partial charge is 0.308 e. The van der Waals surface area contributed by atoms with E-state index in [1.165, 1.54) is 26.1 Å². The molecule has 7 heteroatoms. The lowest BCUT2D eigenvalue weighted by molar-refractivity contribution is -0.131. The van der Waals surface area contributed by atoms with E-state index in [2.05, 4.69) is 11.6 Å². The van der Waals surface area contributed by atoms with Gasteiger partial charge >= 0.3 is 5.97 Å². The second kappa shape index (κ2) is 10.7. The van der Waals surface area contributed by atoms with Crippen LogP contribution >= 0.6 is 0 Å². The van der Waals surface area contributed by atoms with E-state index in [0.717, 1.165) is 24.0 Å². The van der Waals surface area contributed by atoms with Crippen LogP contribution in [0.3, 0.4) is 0 Å². The van der Waals surface area contributed by atoms with Crippen LogP contribution in [-0.2, 0) is 14.8 Å². The molecular formula is C19H25NO5S. The number of rotatable bonds is 6. The van der Waals surface area contributed by atoms with Gasteiger partial charge in [0.25, 0.3) is 0 Å². The summed E-state index contributed by atoms with van der Waals surface area (Å²) in [6.07, 6.45) is 2.04. The van der Waals surface area contributed by atoms with Gasteiger partial charge in [0.15, 0.2) is 0 Å². The molecule has 2 rings (SSSR count). The summed E-state index contributed by atoms with van der Waals surface area (Å²) >= 11 is 0. The fraction of sp³-hybridized carbons (Fsp3) is 0.316. The van der Waals surface area contributed by atoms with Crippen molar-refractivity contribution in [2.45, 2.75) is 31.6 Å². The topological polar surface area (TPSA) is 92.7 Å². The second-order valence-electron chi connectivity index (χ2n) is 5.40. The third-order valence-electron chi connectivity index (χ3n) is 3.40. The molecule has 0 heterocycles. The molecule has 0 radical (unpaired) electrons. The van der Waals surface area contributed by atoms with E-state index < -0.39 is 16.0 Å². The molecule has 0 atom stereocenters. The number of esters is 1. The summed E-state index contributed by atoms with van der Waals surface area (Å²) in [6.45, 7) is 3.73. The highest BCUT2D eigenvalue weighted by Crippen LogP contribution is 2.30.